The molecule has 0 spiro atoms. The maximum atomic E-state index is 10.1. The summed E-state index contributed by atoms with van der Waals surface area (Å²) in [6.45, 7) is 12.0. The lowest BCUT2D eigenvalue weighted by Gasteiger charge is -2.30. The van der Waals surface area contributed by atoms with Crippen LogP contribution in [0, 0.1) is 5.92 Å². The summed E-state index contributed by atoms with van der Waals surface area (Å²) in [6.07, 6.45) is 4.41. The Bertz CT molecular complexity index is 159. The third-order valence-corrected chi connectivity index (χ3v) is 2.96. The fraction of sp³-hybridized carbons (Fsp3) is 0.833. The van der Waals surface area contributed by atoms with E-state index < -0.39 is 5.60 Å². The van der Waals surface area contributed by atoms with Crippen LogP contribution < -0.4 is 0 Å². The molecule has 13 heavy (non-hydrogen) atoms. The van der Waals surface area contributed by atoms with Gasteiger partial charge < -0.3 is 5.11 Å². The molecule has 2 atom stereocenters. The standard InChI is InChI=1S/C12H24O/c1-6-7-8-9-12(5,13)11(4)10(2)3/h11,13H,2,6-9H2,1,3-5H3/t11-,12+/m0/s1. The molecule has 0 aliphatic rings. The fourth-order valence-electron chi connectivity index (χ4n) is 1.48. The second kappa shape index (κ2) is 5.43. The number of aliphatic hydroxyl groups is 1. The highest BCUT2D eigenvalue weighted by atomic mass is 16.3. The zero-order valence-corrected chi connectivity index (χ0v) is 9.56. The summed E-state index contributed by atoms with van der Waals surface area (Å²) >= 11 is 0. The van der Waals surface area contributed by atoms with Crippen LogP contribution in [0.25, 0.3) is 0 Å². The van der Waals surface area contributed by atoms with Crippen LogP contribution in [0.4, 0.5) is 0 Å². The third-order valence-electron chi connectivity index (χ3n) is 2.96. The zero-order chi connectivity index (χ0) is 10.5. The Kier molecular flexibility index (Phi) is 5.31. The Morgan fingerprint density at radius 2 is 2.00 bits per heavy atom. The van der Waals surface area contributed by atoms with Crippen molar-refractivity contribution in [1.82, 2.24) is 0 Å². The largest absolute Gasteiger partial charge is 0.390 e. The molecule has 0 aromatic rings. The first-order valence-corrected chi connectivity index (χ1v) is 5.29. The summed E-state index contributed by atoms with van der Waals surface area (Å²) in [5, 5.41) is 10.1. The van der Waals surface area contributed by atoms with E-state index in [2.05, 4.69) is 13.5 Å². The van der Waals surface area contributed by atoms with Crippen molar-refractivity contribution < 1.29 is 5.11 Å². The molecule has 0 unspecified atom stereocenters. The lowest BCUT2D eigenvalue weighted by molar-refractivity contribution is 0.00991. The Morgan fingerprint density at radius 1 is 1.46 bits per heavy atom. The van der Waals surface area contributed by atoms with E-state index in [1.807, 2.05) is 20.8 Å². The molecule has 0 heterocycles. The molecular formula is C12H24O. The van der Waals surface area contributed by atoms with Crippen molar-refractivity contribution in [1.29, 1.82) is 0 Å². The van der Waals surface area contributed by atoms with Gasteiger partial charge in [0.15, 0.2) is 0 Å². The van der Waals surface area contributed by atoms with Crippen LogP contribution in [0.5, 0.6) is 0 Å². The SMILES string of the molecule is C=C(C)[C@H](C)[C@](C)(O)CCCCC. The minimum Gasteiger partial charge on any atom is -0.390 e. The van der Waals surface area contributed by atoms with Crippen molar-refractivity contribution >= 4 is 0 Å². The summed E-state index contributed by atoms with van der Waals surface area (Å²) in [5.41, 5.74) is 0.502. The summed E-state index contributed by atoms with van der Waals surface area (Å²) < 4.78 is 0. The molecule has 0 aromatic carbocycles. The zero-order valence-electron chi connectivity index (χ0n) is 9.56. The van der Waals surface area contributed by atoms with Crippen molar-refractivity contribution in [3.05, 3.63) is 12.2 Å². The average molecular weight is 184 g/mol. The van der Waals surface area contributed by atoms with Crippen LogP contribution in [-0.2, 0) is 0 Å². The number of rotatable bonds is 6. The Morgan fingerprint density at radius 3 is 2.38 bits per heavy atom. The Hall–Kier alpha value is -0.300. The first kappa shape index (κ1) is 12.7. The highest BCUT2D eigenvalue weighted by Gasteiger charge is 2.27. The summed E-state index contributed by atoms with van der Waals surface area (Å²) in [7, 11) is 0. The molecular weight excluding hydrogens is 160 g/mol. The van der Waals surface area contributed by atoms with Gasteiger partial charge in [-0.1, -0.05) is 45.3 Å². The maximum Gasteiger partial charge on any atom is 0.0681 e. The molecule has 78 valence electrons. The van der Waals surface area contributed by atoms with Crippen molar-refractivity contribution in [2.75, 3.05) is 0 Å². The lowest BCUT2D eigenvalue weighted by atomic mass is 9.82. The van der Waals surface area contributed by atoms with E-state index >= 15 is 0 Å². The maximum absolute atomic E-state index is 10.1. The molecule has 1 heteroatoms. The molecule has 1 N–H and O–H groups in total. The van der Waals surface area contributed by atoms with Crippen molar-refractivity contribution in [3.8, 4) is 0 Å². The van der Waals surface area contributed by atoms with E-state index in [0.29, 0.717) is 0 Å². The van der Waals surface area contributed by atoms with Crippen LogP contribution in [0.1, 0.15) is 53.4 Å². The van der Waals surface area contributed by atoms with Gasteiger partial charge in [-0.15, -0.1) is 0 Å². The highest BCUT2D eigenvalue weighted by molar-refractivity contribution is 5.02. The van der Waals surface area contributed by atoms with E-state index in [0.717, 1.165) is 18.4 Å². The molecule has 0 fully saturated rings. The molecule has 0 aliphatic heterocycles. The molecule has 0 rings (SSSR count). The Balaban J connectivity index is 3.98. The fourth-order valence-corrected chi connectivity index (χ4v) is 1.48. The van der Waals surface area contributed by atoms with Gasteiger partial charge in [-0.3, -0.25) is 0 Å². The van der Waals surface area contributed by atoms with Gasteiger partial charge in [0.2, 0.25) is 0 Å². The van der Waals surface area contributed by atoms with Crippen LogP contribution in [0.3, 0.4) is 0 Å². The number of hydrogen-bond donors (Lipinski definition) is 1. The molecule has 0 aliphatic carbocycles. The van der Waals surface area contributed by atoms with E-state index in [-0.39, 0.29) is 5.92 Å². The van der Waals surface area contributed by atoms with E-state index in [4.69, 9.17) is 0 Å². The topological polar surface area (TPSA) is 20.2 Å². The van der Waals surface area contributed by atoms with Gasteiger partial charge in [0.05, 0.1) is 5.60 Å². The van der Waals surface area contributed by atoms with Crippen molar-refractivity contribution in [2.24, 2.45) is 5.92 Å². The van der Waals surface area contributed by atoms with Crippen LogP contribution >= 0.6 is 0 Å². The van der Waals surface area contributed by atoms with Crippen LogP contribution in [0.2, 0.25) is 0 Å². The molecule has 0 bridgehead atoms. The highest BCUT2D eigenvalue weighted by Crippen LogP contribution is 2.28. The minimum atomic E-state index is -0.568. The normalized spacial score (nSPS) is 17.9. The number of hydrogen-bond acceptors (Lipinski definition) is 1. The molecule has 0 aromatic heterocycles. The molecule has 0 saturated carbocycles. The minimum absolute atomic E-state index is 0.198. The van der Waals surface area contributed by atoms with E-state index in [1.165, 1.54) is 12.8 Å². The van der Waals surface area contributed by atoms with E-state index in [1.54, 1.807) is 0 Å². The van der Waals surface area contributed by atoms with Gasteiger partial charge in [-0.25, -0.2) is 0 Å². The Labute approximate surface area is 82.9 Å². The second-order valence-electron chi connectivity index (χ2n) is 4.38. The van der Waals surface area contributed by atoms with E-state index in [9.17, 15) is 5.11 Å². The predicted molar refractivity (Wildman–Crippen MR) is 58.7 cm³/mol. The smallest absolute Gasteiger partial charge is 0.0681 e. The van der Waals surface area contributed by atoms with Gasteiger partial charge in [-0.05, 0) is 20.3 Å². The van der Waals surface area contributed by atoms with Crippen molar-refractivity contribution in [3.63, 3.8) is 0 Å². The molecule has 0 radical (unpaired) electrons. The lowest BCUT2D eigenvalue weighted by Crippen LogP contribution is -2.33. The molecule has 0 amide bonds. The van der Waals surface area contributed by atoms with Crippen LogP contribution in [0.15, 0.2) is 12.2 Å². The summed E-state index contributed by atoms with van der Waals surface area (Å²) in [5.74, 6) is 0.198. The van der Waals surface area contributed by atoms with Gasteiger partial charge >= 0.3 is 0 Å². The average Bonchev–Trinajstić information content (AvgIpc) is 2.03. The predicted octanol–water partition coefficient (Wildman–Crippen LogP) is 3.53. The summed E-state index contributed by atoms with van der Waals surface area (Å²) in [6, 6.07) is 0. The monoisotopic (exact) mass is 184 g/mol. The van der Waals surface area contributed by atoms with Gasteiger partial charge in [0.1, 0.15) is 0 Å². The summed E-state index contributed by atoms with van der Waals surface area (Å²) in [4.78, 5) is 0. The first-order valence-electron chi connectivity index (χ1n) is 5.29. The first-order chi connectivity index (χ1) is 5.91. The third kappa shape index (κ3) is 4.47. The quantitative estimate of drug-likeness (QED) is 0.494. The van der Waals surface area contributed by atoms with Crippen molar-refractivity contribution in [2.45, 2.75) is 59.0 Å². The van der Waals surface area contributed by atoms with Crippen LogP contribution in [-0.4, -0.2) is 10.7 Å². The number of unbranched alkanes of at least 4 members (excludes halogenated alkanes) is 2. The van der Waals surface area contributed by atoms with Gasteiger partial charge in [0.25, 0.3) is 0 Å². The second-order valence-corrected chi connectivity index (χ2v) is 4.38. The molecule has 0 saturated heterocycles. The molecule has 1 nitrogen and oxygen atoms in total. The van der Waals surface area contributed by atoms with Gasteiger partial charge in [-0.2, -0.15) is 0 Å². The van der Waals surface area contributed by atoms with Gasteiger partial charge in [0, 0.05) is 5.92 Å².